The van der Waals surface area contributed by atoms with Crippen molar-refractivity contribution < 1.29 is 0 Å². The number of pyridine rings is 1. The Morgan fingerprint density at radius 2 is 2.11 bits per heavy atom. The van der Waals surface area contributed by atoms with Gasteiger partial charge in [-0.3, -0.25) is 4.57 Å². The second kappa shape index (κ2) is 4.66. The number of nitriles is 2. The van der Waals surface area contributed by atoms with Crippen LogP contribution in [0.3, 0.4) is 0 Å². The minimum absolute atomic E-state index is 0.0884. The Balaban J connectivity index is 2.57. The normalized spacial score (nSPS) is 11.6. The van der Waals surface area contributed by atoms with Gasteiger partial charge in [-0.05, 0) is 24.6 Å². The standard InChI is InChI=1S/C12H10N6/c1-8(15)9-2-3-16-12(4-9)18-7-17-10(5-13)11(18)6-14/h2-4,7-8H,15H2,1H3/t8-/m0/s1. The van der Waals surface area contributed by atoms with Crippen molar-refractivity contribution >= 4 is 0 Å². The molecule has 88 valence electrons. The fourth-order valence-corrected chi connectivity index (χ4v) is 1.56. The van der Waals surface area contributed by atoms with E-state index >= 15 is 0 Å². The molecule has 0 bridgehead atoms. The van der Waals surface area contributed by atoms with Crippen molar-refractivity contribution in [3.8, 4) is 18.0 Å². The van der Waals surface area contributed by atoms with Crippen LogP contribution in [0, 0.1) is 22.7 Å². The van der Waals surface area contributed by atoms with E-state index in [9.17, 15) is 0 Å². The third kappa shape index (κ3) is 1.93. The van der Waals surface area contributed by atoms with E-state index in [1.807, 2.05) is 25.1 Å². The van der Waals surface area contributed by atoms with Gasteiger partial charge in [-0.1, -0.05) is 0 Å². The molecule has 2 aromatic rings. The smallest absolute Gasteiger partial charge is 0.177 e. The van der Waals surface area contributed by atoms with E-state index < -0.39 is 0 Å². The third-order valence-electron chi connectivity index (χ3n) is 2.52. The fraction of sp³-hybridized carbons (Fsp3) is 0.167. The van der Waals surface area contributed by atoms with E-state index in [1.165, 1.54) is 10.9 Å². The summed E-state index contributed by atoms with van der Waals surface area (Å²) >= 11 is 0. The number of rotatable bonds is 2. The van der Waals surface area contributed by atoms with Crippen LogP contribution in [0.5, 0.6) is 0 Å². The molecule has 0 radical (unpaired) electrons. The molecule has 2 N–H and O–H groups in total. The van der Waals surface area contributed by atoms with Crippen molar-refractivity contribution in [2.45, 2.75) is 13.0 Å². The van der Waals surface area contributed by atoms with E-state index in [1.54, 1.807) is 12.3 Å². The van der Waals surface area contributed by atoms with Crippen molar-refractivity contribution in [1.82, 2.24) is 14.5 Å². The summed E-state index contributed by atoms with van der Waals surface area (Å²) in [6.45, 7) is 1.86. The van der Waals surface area contributed by atoms with Gasteiger partial charge in [0.25, 0.3) is 0 Å². The van der Waals surface area contributed by atoms with E-state index in [4.69, 9.17) is 16.3 Å². The summed E-state index contributed by atoms with van der Waals surface area (Å²) < 4.78 is 1.48. The highest BCUT2D eigenvalue weighted by Crippen LogP contribution is 2.15. The van der Waals surface area contributed by atoms with Crippen molar-refractivity contribution in [2.24, 2.45) is 5.73 Å². The second-order valence-electron chi connectivity index (χ2n) is 3.77. The Kier molecular flexibility index (Phi) is 3.05. The Morgan fingerprint density at radius 1 is 1.33 bits per heavy atom. The maximum absolute atomic E-state index is 9.04. The van der Waals surface area contributed by atoms with Gasteiger partial charge in [0.1, 0.15) is 24.3 Å². The highest BCUT2D eigenvalue weighted by Gasteiger charge is 2.12. The molecule has 0 aliphatic heterocycles. The summed E-state index contributed by atoms with van der Waals surface area (Å²) in [7, 11) is 0. The third-order valence-corrected chi connectivity index (χ3v) is 2.52. The Hall–Kier alpha value is -2.70. The number of hydrogen-bond acceptors (Lipinski definition) is 5. The number of aromatic nitrogens is 3. The molecule has 2 heterocycles. The predicted molar refractivity (Wildman–Crippen MR) is 63.4 cm³/mol. The molecule has 0 aromatic carbocycles. The van der Waals surface area contributed by atoms with Crippen LogP contribution in [-0.4, -0.2) is 14.5 Å². The van der Waals surface area contributed by atoms with Gasteiger partial charge in [-0.15, -0.1) is 0 Å². The van der Waals surface area contributed by atoms with Gasteiger partial charge in [-0.2, -0.15) is 10.5 Å². The van der Waals surface area contributed by atoms with Crippen LogP contribution >= 0.6 is 0 Å². The molecule has 0 saturated carbocycles. The van der Waals surface area contributed by atoms with E-state index in [0.29, 0.717) is 5.82 Å². The molecule has 0 unspecified atom stereocenters. The van der Waals surface area contributed by atoms with Crippen LogP contribution in [0.15, 0.2) is 24.7 Å². The molecule has 1 atom stereocenters. The molecule has 2 aromatic heterocycles. The van der Waals surface area contributed by atoms with Gasteiger partial charge in [0.15, 0.2) is 11.4 Å². The maximum Gasteiger partial charge on any atom is 0.177 e. The Morgan fingerprint density at radius 3 is 2.72 bits per heavy atom. The molecule has 0 spiro atoms. The lowest BCUT2D eigenvalue weighted by Gasteiger charge is -2.08. The summed E-state index contributed by atoms with van der Waals surface area (Å²) in [6, 6.07) is 7.27. The molecular formula is C12H10N6. The first kappa shape index (κ1) is 11.8. The molecule has 0 fully saturated rings. The fourth-order valence-electron chi connectivity index (χ4n) is 1.56. The first-order valence-electron chi connectivity index (χ1n) is 5.26. The lowest BCUT2D eigenvalue weighted by molar-refractivity contribution is 0.810. The number of nitrogens with two attached hydrogens (primary N) is 1. The average Bonchev–Trinajstić information content (AvgIpc) is 2.81. The first-order chi connectivity index (χ1) is 8.67. The highest BCUT2D eigenvalue weighted by atomic mass is 15.1. The summed E-state index contributed by atoms with van der Waals surface area (Å²) in [5.41, 5.74) is 6.95. The lowest BCUT2D eigenvalue weighted by Crippen LogP contribution is -2.07. The predicted octanol–water partition coefficient (Wildman–Crippen LogP) is 1.03. The SMILES string of the molecule is C[C@H](N)c1ccnc(-n2cnc(C#N)c2C#N)c1. The Bertz CT molecular complexity index is 656. The first-order valence-corrected chi connectivity index (χ1v) is 5.26. The summed E-state index contributed by atoms with van der Waals surface area (Å²) in [5, 5.41) is 17.9. The number of nitrogens with zero attached hydrogens (tertiary/aromatic N) is 5. The van der Waals surface area contributed by atoms with Gasteiger partial charge >= 0.3 is 0 Å². The average molecular weight is 238 g/mol. The Labute approximate surface area is 104 Å². The van der Waals surface area contributed by atoms with Gasteiger partial charge in [0, 0.05) is 12.2 Å². The number of hydrogen-bond donors (Lipinski definition) is 1. The van der Waals surface area contributed by atoms with Crippen LogP contribution < -0.4 is 5.73 Å². The van der Waals surface area contributed by atoms with Crippen molar-refractivity contribution in [2.75, 3.05) is 0 Å². The lowest BCUT2D eigenvalue weighted by atomic mass is 10.1. The molecule has 6 nitrogen and oxygen atoms in total. The van der Waals surface area contributed by atoms with E-state index in [0.717, 1.165) is 5.56 Å². The molecule has 2 rings (SSSR count). The summed E-state index contributed by atoms with van der Waals surface area (Å²) in [6.07, 6.45) is 3.02. The van der Waals surface area contributed by atoms with Crippen LogP contribution in [-0.2, 0) is 0 Å². The minimum Gasteiger partial charge on any atom is -0.324 e. The van der Waals surface area contributed by atoms with Crippen LogP contribution in [0.4, 0.5) is 0 Å². The maximum atomic E-state index is 9.04. The van der Waals surface area contributed by atoms with Crippen molar-refractivity contribution in [1.29, 1.82) is 10.5 Å². The van der Waals surface area contributed by atoms with Crippen LogP contribution in [0.1, 0.15) is 29.9 Å². The van der Waals surface area contributed by atoms with Crippen molar-refractivity contribution in [3.05, 3.63) is 41.6 Å². The zero-order valence-electron chi connectivity index (χ0n) is 9.70. The zero-order valence-corrected chi connectivity index (χ0v) is 9.70. The van der Waals surface area contributed by atoms with Crippen LogP contribution in [0.25, 0.3) is 5.82 Å². The molecule has 0 aliphatic carbocycles. The molecule has 0 saturated heterocycles. The zero-order chi connectivity index (χ0) is 13.1. The summed E-state index contributed by atoms with van der Waals surface area (Å²) in [5.74, 6) is 0.523. The van der Waals surface area contributed by atoms with Gasteiger partial charge < -0.3 is 5.73 Å². The highest BCUT2D eigenvalue weighted by molar-refractivity contribution is 5.42. The number of imidazole rings is 1. The minimum atomic E-state index is -0.128. The molecular weight excluding hydrogens is 228 g/mol. The van der Waals surface area contributed by atoms with Crippen LogP contribution in [0.2, 0.25) is 0 Å². The largest absolute Gasteiger partial charge is 0.324 e. The van der Waals surface area contributed by atoms with E-state index in [2.05, 4.69) is 9.97 Å². The molecule has 0 aliphatic rings. The van der Waals surface area contributed by atoms with Gasteiger partial charge in [-0.25, -0.2) is 9.97 Å². The molecule has 18 heavy (non-hydrogen) atoms. The van der Waals surface area contributed by atoms with E-state index in [-0.39, 0.29) is 17.4 Å². The van der Waals surface area contributed by atoms with Gasteiger partial charge in [0.2, 0.25) is 0 Å². The van der Waals surface area contributed by atoms with Gasteiger partial charge in [0.05, 0.1) is 0 Å². The topological polar surface area (TPSA) is 104 Å². The monoisotopic (exact) mass is 238 g/mol. The second-order valence-corrected chi connectivity index (χ2v) is 3.77. The quantitative estimate of drug-likeness (QED) is 0.841. The summed E-state index contributed by atoms with van der Waals surface area (Å²) in [4.78, 5) is 8.02. The molecule has 0 amide bonds. The molecule has 6 heteroatoms. The van der Waals surface area contributed by atoms with Crippen molar-refractivity contribution in [3.63, 3.8) is 0 Å².